The van der Waals surface area contributed by atoms with Gasteiger partial charge in [0.1, 0.15) is 5.75 Å². The van der Waals surface area contributed by atoms with Crippen molar-refractivity contribution in [3.8, 4) is 11.6 Å². The summed E-state index contributed by atoms with van der Waals surface area (Å²) in [5.41, 5.74) is 3.19. The number of aromatic nitrogens is 4. The van der Waals surface area contributed by atoms with E-state index in [-0.39, 0.29) is 0 Å². The molecule has 1 saturated heterocycles. The van der Waals surface area contributed by atoms with Crippen LogP contribution in [0.1, 0.15) is 11.4 Å². The Balaban J connectivity index is 1.50. The maximum atomic E-state index is 5.50. The highest BCUT2D eigenvalue weighted by atomic mass is 16.5. The number of hydrogen-bond donors (Lipinski definition) is 0. The molecule has 2 aromatic heterocycles. The Labute approximate surface area is 159 Å². The van der Waals surface area contributed by atoms with Gasteiger partial charge in [0.15, 0.2) is 5.82 Å². The van der Waals surface area contributed by atoms with Gasteiger partial charge in [0.25, 0.3) is 0 Å². The molecule has 140 valence electrons. The first-order chi connectivity index (χ1) is 13.2. The summed E-state index contributed by atoms with van der Waals surface area (Å²) < 4.78 is 7.36. The molecule has 4 rings (SSSR count). The topological polar surface area (TPSA) is 59.3 Å². The molecule has 0 aliphatic carbocycles. The Morgan fingerprint density at radius 2 is 1.70 bits per heavy atom. The number of benzene rings is 1. The lowest BCUT2D eigenvalue weighted by Crippen LogP contribution is -2.47. The summed E-state index contributed by atoms with van der Waals surface area (Å²) in [6, 6.07) is 12.1. The molecule has 0 bridgehead atoms. The van der Waals surface area contributed by atoms with Gasteiger partial charge < -0.3 is 14.5 Å². The van der Waals surface area contributed by atoms with Crippen LogP contribution in [0, 0.1) is 13.8 Å². The van der Waals surface area contributed by atoms with Gasteiger partial charge in [0.2, 0.25) is 5.95 Å². The number of methoxy groups -OCH3 is 1. The van der Waals surface area contributed by atoms with Gasteiger partial charge in [-0.1, -0.05) is 12.1 Å². The van der Waals surface area contributed by atoms with Gasteiger partial charge in [0.05, 0.1) is 18.5 Å². The minimum Gasteiger partial charge on any atom is -0.495 e. The fraction of sp³-hybridized carbons (Fsp3) is 0.350. The maximum Gasteiger partial charge on any atom is 0.227 e. The van der Waals surface area contributed by atoms with E-state index in [9.17, 15) is 0 Å². The van der Waals surface area contributed by atoms with E-state index in [1.54, 1.807) is 13.3 Å². The van der Waals surface area contributed by atoms with E-state index >= 15 is 0 Å². The summed E-state index contributed by atoms with van der Waals surface area (Å²) >= 11 is 0. The molecule has 0 spiro atoms. The van der Waals surface area contributed by atoms with Crippen LogP contribution in [-0.2, 0) is 0 Å². The predicted octanol–water partition coefficient (Wildman–Crippen LogP) is 2.61. The number of anilines is 2. The first-order valence-corrected chi connectivity index (χ1v) is 9.15. The summed E-state index contributed by atoms with van der Waals surface area (Å²) in [7, 11) is 1.72. The summed E-state index contributed by atoms with van der Waals surface area (Å²) in [5, 5.41) is 4.52. The summed E-state index contributed by atoms with van der Waals surface area (Å²) in [5.74, 6) is 2.46. The molecule has 1 aliphatic heterocycles. The number of rotatable bonds is 4. The molecule has 1 aliphatic rings. The van der Waals surface area contributed by atoms with E-state index in [2.05, 4.69) is 25.9 Å². The van der Waals surface area contributed by atoms with E-state index in [0.717, 1.165) is 60.8 Å². The van der Waals surface area contributed by atoms with Crippen LogP contribution in [0.3, 0.4) is 0 Å². The Hall–Kier alpha value is -3.09. The lowest BCUT2D eigenvalue weighted by atomic mass is 10.2. The quantitative estimate of drug-likeness (QED) is 0.709. The Kier molecular flexibility index (Phi) is 4.66. The molecule has 0 saturated carbocycles. The highest BCUT2D eigenvalue weighted by Gasteiger charge is 2.21. The molecule has 7 nitrogen and oxygen atoms in total. The van der Waals surface area contributed by atoms with Crippen LogP contribution in [0.2, 0.25) is 0 Å². The zero-order chi connectivity index (χ0) is 18.8. The summed E-state index contributed by atoms with van der Waals surface area (Å²) in [4.78, 5) is 13.8. The second-order valence-corrected chi connectivity index (χ2v) is 6.70. The van der Waals surface area contributed by atoms with Crippen molar-refractivity contribution in [2.45, 2.75) is 13.8 Å². The summed E-state index contributed by atoms with van der Waals surface area (Å²) in [6.45, 7) is 7.54. The van der Waals surface area contributed by atoms with E-state index in [1.165, 1.54) is 0 Å². The Bertz CT molecular complexity index is 930. The van der Waals surface area contributed by atoms with Crippen molar-refractivity contribution < 1.29 is 4.74 Å². The van der Waals surface area contributed by atoms with Crippen molar-refractivity contribution in [1.82, 2.24) is 19.7 Å². The van der Waals surface area contributed by atoms with Gasteiger partial charge in [-0.05, 0) is 32.0 Å². The van der Waals surface area contributed by atoms with Crippen LogP contribution in [0.25, 0.3) is 5.82 Å². The molecule has 0 unspecified atom stereocenters. The van der Waals surface area contributed by atoms with Crippen molar-refractivity contribution in [2.24, 2.45) is 0 Å². The van der Waals surface area contributed by atoms with Gasteiger partial charge in [-0.3, -0.25) is 0 Å². The number of para-hydroxylation sites is 2. The molecule has 1 aromatic carbocycles. The fourth-order valence-electron chi connectivity index (χ4n) is 3.51. The Morgan fingerprint density at radius 1 is 0.963 bits per heavy atom. The Morgan fingerprint density at radius 3 is 2.41 bits per heavy atom. The van der Waals surface area contributed by atoms with Crippen LogP contribution in [0.15, 0.2) is 42.6 Å². The normalized spacial score (nSPS) is 14.5. The highest BCUT2D eigenvalue weighted by molar-refractivity contribution is 5.59. The maximum absolute atomic E-state index is 5.50. The first kappa shape index (κ1) is 17.3. The van der Waals surface area contributed by atoms with Crippen molar-refractivity contribution >= 4 is 11.6 Å². The first-order valence-electron chi connectivity index (χ1n) is 9.15. The van der Waals surface area contributed by atoms with Gasteiger partial charge in [0, 0.05) is 44.1 Å². The molecule has 0 N–H and O–H groups in total. The molecule has 7 heteroatoms. The second kappa shape index (κ2) is 7.26. The van der Waals surface area contributed by atoms with Crippen molar-refractivity contribution in [3.63, 3.8) is 0 Å². The van der Waals surface area contributed by atoms with Crippen LogP contribution in [0.5, 0.6) is 5.75 Å². The second-order valence-electron chi connectivity index (χ2n) is 6.70. The lowest BCUT2D eigenvalue weighted by Gasteiger charge is -2.36. The fourth-order valence-corrected chi connectivity index (χ4v) is 3.51. The van der Waals surface area contributed by atoms with Crippen LogP contribution in [0.4, 0.5) is 11.6 Å². The van der Waals surface area contributed by atoms with E-state index in [4.69, 9.17) is 9.72 Å². The van der Waals surface area contributed by atoms with Gasteiger partial charge >= 0.3 is 0 Å². The third kappa shape index (κ3) is 3.45. The summed E-state index contributed by atoms with van der Waals surface area (Å²) in [6.07, 6.45) is 1.81. The standard InChI is InChI=1S/C20H24N6O/c1-15-14-16(2)26(23-15)19-8-9-21-20(22-19)25-12-10-24(11-13-25)17-6-4-5-7-18(17)27-3/h4-9,14H,10-13H2,1-3H3. The van der Waals surface area contributed by atoms with Gasteiger partial charge in [-0.2, -0.15) is 10.1 Å². The largest absolute Gasteiger partial charge is 0.495 e. The molecule has 1 fully saturated rings. The molecule has 0 atom stereocenters. The van der Waals surface area contributed by atoms with Crippen molar-refractivity contribution in [2.75, 3.05) is 43.1 Å². The van der Waals surface area contributed by atoms with Gasteiger partial charge in [-0.15, -0.1) is 0 Å². The average Bonchev–Trinajstić information content (AvgIpc) is 3.06. The van der Waals surface area contributed by atoms with E-state index in [1.807, 2.05) is 48.9 Å². The van der Waals surface area contributed by atoms with E-state index in [0.29, 0.717) is 0 Å². The number of piperazine rings is 1. The number of nitrogens with zero attached hydrogens (tertiary/aromatic N) is 6. The SMILES string of the molecule is COc1ccccc1N1CCN(c2nccc(-n3nc(C)cc3C)n2)CC1. The molecule has 27 heavy (non-hydrogen) atoms. The number of ether oxygens (including phenoxy) is 1. The average molecular weight is 364 g/mol. The number of aryl methyl sites for hydroxylation is 2. The van der Waals surface area contributed by atoms with Crippen molar-refractivity contribution in [3.05, 3.63) is 54.0 Å². The molecule has 0 amide bonds. The van der Waals surface area contributed by atoms with E-state index < -0.39 is 0 Å². The minimum atomic E-state index is 0.750. The predicted molar refractivity (Wildman–Crippen MR) is 106 cm³/mol. The smallest absolute Gasteiger partial charge is 0.227 e. The molecular formula is C20H24N6O. The zero-order valence-corrected chi connectivity index (χ0v) is 16.0. The highest BCUT2D eigenvalue weighted by Crippen LogP contribution is 2.28. The molecule has 3 aromatic rings. The molecule has 3 heterocycles. The monoisotopic (exact) mass is 364 g/mol. The van der Waals surface area contributed by atoms with Crippen LogP contribution >= 0.6 is 0 Å². The van der Waals surface area contributed by atoms with Gasteiger partial charge in [-0.25, -0.2) is 9.67 Å². The van der Waals surface area contributed by atoms with Crippen LogP contribution < -0.4 is 14.5 Å². The van der Waals surface area contributed by atoms with Crippen molar-refractivity contribution in [1.29, 1.82) is 0 Å². The van der Waals surface area contributed by atoms with Crippen LogP contribution in [-0.4, -0.2) is 53.0 Å². The zero-order valence-electron chi connectivity index (χ0n) is 16.0. The molecule has 0 radical (unpaired) electrons. The lowest BCUT2D eigenvalue weighted by molar-refractivity contribution is 0.413. The molecular weight excluding hydrogens is 340 g/mol. The third-order valence-corrected chi connectivity index (χ3v) is 4.84. The third-order valence-electron chi connectivity index (χ3n) is 4.84. The number of hydrogen-bond acceptors (Lipinski definition) is 6. The minimum absolute atomic E-state index is 0.750.